The fraction of sp³-hybridized carbons (Fsp3) is 0.556. The van der Waals surface area contributed by atoms with E-state index in [4.69, 9.17) is 16.6 Å². The number of amides is 1. The number of benzene rings is 1. The molecule has 1 aromatic carbocycles. The van der Waals surface area contributed by atoms with Crippen LogP contribution < -0.4 is 5.32 Å². The minimum Gasteiger partial charge on any atom is -0.357 e. The minimum absolute atomic E-state index is 0.152. The lowest BCUT2D eigenvalue weighted by Crippen LogP contribution is -2.53. The number of carbonyl (C=O) groups excluding carboxylic acids is 1. The molecule has 0 aliphatic carbocycles. The summed E-state index contributed by atoms with van der Waals surface area (Å²) in [4.78, 5) is 20.3. The van der Waals surface area contributed by atoms with Gasteiger partial charge in [-0.2, -0.15) is 0 Å². The van der Waals surface area contributed by atoms with Crippen LogP contribution in [0.5, 0.6) is 0 Å². The van der Waals surface area contributed by atoms with Crippen molar-refractivity contribution in [2.45, 2.75) is 26.7 Å². The highest BCUT2D eigenvalue weighted by atomic mass is 35.5. The number of nitrogens with zero attached hydrogens (tertiary/aromatic N) is 3. The molecule has 0 unspecified atom stereocenters. The zero-order valence-electron chi connectivity index (χ0n) is 14.6. The zero-order valence-corrected chi connectivity index (χ0v) is 15.4. The second kappa shape index (κ2) is 9.52. The summed E-state index contributed by atoms with van der Waals surface area (Å²) in [6.45, 7) is 8.56. The summed E-state index contributed by atoms with van der Waals surface area (Å²) in [5.41, 5.74) is 1.29. The van der Waals surface area contributed by atoms with Crippen molar-refractivity contribution in [3.63, 3.8) is 0 Å². The number of hydrogen-bond acceptors (Lipinski definition) is 2. The van der Waals surface area contributed by atoms with Crippen LogP contribution >= 0.6 is 11.6 Å². The van der Waals surface area contributed by atoms with Gasteiger partial charge in [0.1, 0.15) is 0 Å². The predicted octanol–water partition coefficient (Wildman–Crippen LogP) is 2.40. The molecule has 1 saturated heterocycles. The highest BCUT2D eigenvalue weighted by Crippen LogP contribution is 2.11. The molecule has 0 bridgehead atoms. The summed E-state index contributed by atoms with van der Waals surface area (Å²) in [7, 11) is 0. The Morgan fingerprint density at radius 2 is 1.79 bits per heavy atom. The first kappa shape index (κ1) is 18.6. The topological polar surface area (TPSA) is 47.9 Å². The first-order chi connectivity index (χ1) is 11.6. The highest BCUT2D eigenvalue weighted by molar-refractivity contribution is 6.30. The summed E-state index contributed by atoms with van der Waals surface area (Å²) < 4.78 is 0. The fourth-order valence-corrected chi connectivity index (χ4v) is 2.90. The van der Waals surface area contributed by atoms with Gasteiger partial charge < -0.3 is 15.1 Å². The molecule has 1 aliphatic rings. The number of aryl methyl sites for hydroxylation is 1. The quantitative estimate of drug-likeness (QED) is 0.504. The van der Waals surface area contributed by atoms with Gasteiger partial charge in [0.25, 0.3) is 0 Å². The minimum atomic E-state index is 0.152. The Bertz CT molecular complexity index is 551. The standard InChI is InChI=1S/C18H27ClN4O/c1-3-20-18(23-13-11-22(12-14-23)15(2)24)21-10-4-5-16-6-8-17(19)9-7-16/h6-9H,3-5,10-14H2,1-2H3,(H,20,21). The number of aliphatic imine (C=N–C) groups is 1. The molecular formula is C18H27ClN4O. The van der Waals surface area contributed by atoms with E-state index >= 15 is 0 Å². The summed E-state index contributed by atoms with van der Waals surface area (Å²) >= 11 is 5.90. The van der Waals surface area contributed by atoms with Crippen molar-refractivity contribution < 1.29 is 4.79 Å². The third-order valence-corrected chi connectivity index (χ3v) is 4.41. The van der Waals surface area contributed by atoms with Crippen LogP contribution in [0.25, 0.3) is 0 Å². The smallest absolute Gasteiger partial charge is 0.219 e. The van der Waals surface area contributed by atoms with Crippen LogP contribution in [0, 0.1) is 0 Å². The molecule has 6 heteroatoms. The van der Waals surface area contributed by atoms with E-state index in [-0.39, 0.29) is 5.91 Å². The molecule has 0 spiro atoms. The Balaban J connectivity index is 1.82. The van der Waals surface area contributed by atoms with Gasteiger partial charge >= 0.3 is 0 Å². The maximum absolute atomic E-state index is 11.4. The second-order valence-corrected chi connectivity index (χ2v) is 6.40. The normalized spacial score (nSPS) is 15.5. The van der Waals surface area contributed by atoms with E-state index < -0.39 is 0 Å². The summed E-state index contributed by atoms with van der Waals surface area (Å²) in [5.74, 6) is 1.11. The van der Waals surface area contributed by atoms with Gasteiger partial charge in [-0.3, -0.25) is 9.79 Å². The van der Waals surface area contributed by atoms with Crippen LogP contribution in [0.3, 0.4) is 0 Å². The third-order valence-electron chi connectivity index (χ3n) is 4.16. The number of piperazine rings is 1. The van der Waals surface area contributed by atoms with Crippen LogP contribution in [0.15, 0.2) is 29.3 Å². The number of nitrogens with one attached hydrogen (secondary N) is 1. The van der Waals surface area contributed by atoms with E-state index in [9.17, 15) is 4.79 Å². The average molecular weight is 351 g/mol. The summed E-state index contributed by atoms with van der Waals surface area (Å²) in [5, 5.41) is 4.13. The Hall–Kier alpha value is -1.75. The van der Waals surface area contributed by atoms with Crippen LogP contribution in [-0.4, -0.2) is 60.9 Å². The summed E-state index contributed by atoms with van der Waals surface area (Å²) in [6, 6.07) is 7.99. The Kier molecular flexibility index (Phi) is 7.37. The monoisotopic (exact) mass is 350 g/mol. The van der Waals surface area contributed by atoms with Crippen molar-refractivity contribution in [2.24, 2.45) is 4.99 Å². The average Bonchev–Trinajstić information content (AvgIpc) is 2.59. The first-order valence-corrected chi connectivity index (χ1v) is 9.01. The van der Waals surface area contributed by atoms with Gasteiger partial charge in [0.15, 0.2) is 5.96 Å². The van der Waals surface area contributed by atoms with E-state index in [2.05, 4.69) is 29.3 Å². The van der Waals surface area contributed by atoms with E-state index in [1.54, 1.807) is 6.92 Å². The largest absolute Gasteiger partial charge is 0.357 e. The molecule has 1 fully saturated rings. The first-order valence-electron chi connectivity index (χ1n) is 8.63. The van der Waals surface area contributed by atoms with Crippen molar-refractivity contribution in [3.05, 3.63) is 34.9 Å². The highest BCUT2D eigenvalue weighted by Gasteiger charge is 2.20. The van der Waals surface area contributed by atoms with Crippen molar-refractivity contribution in [2.75, 3.05) is 39.3 Å². The molecule has 1 amide bonds. The molecule has 0 radical (unpaired) electrons. The van der Waals surface area contributed by atoms with Gasteiger partial charge in [-0.1, -0.05) is 23.7 Å². The molecule has 0 atom stereocenters. The van der Waals surface area contributed by atoms with Gasteiger partial charge in [0, 0.05) is 51.2 Å². The maximum Gasteiger partial charge on any atom is 0.219 e. The Morgan fingerprint density at radius 3 is 2.38 bits per heavy atom. The van der Waals surface area contributed by atoms with Crippen LogP contribution in [0.2, 0.25) is 5.02 Å². The number of rotatable bonds is 5. The summed E-state index contributed by atoms with van der Waals surface area (Å²) in [6.07, 6.45) is 2.00. The van der Waals surface area contributed by atoms with Gasteiger partial charge in [0.05, 0.1) is 0 Å². The second-order valence-electron chi connectivity index (χ2n) is 5.96. The molecular weight excluding hydrogens is 324 g/mol. The molecule has 1 heterocycles. The Labute approximate surface area is 149 Å². The number of carbonyl (C=O) groups is 1. The molecule has 2 rings (SSSR count). The predicted molar refractivity (Wildman–Crippen MR) is 99.6 cm³/mol. The van der Waals surface area contributed by atoms with Gasteiger partial charge in [-0.15, -0.1) is 0 Å². The molecule has 24 heavy (non-hydrogen) atoms. The van der Waals surface area contributed by atoms with Gasteiger partial charge in [-0.25, -0.2) is 0 Å². The molecule has 1 aliphatic heterocycles. The van der Waals surface area contributed by atoms with E-state index in [1.165, 1.54) is 5.56 Å². The van der Waals surface area contributed by atoms with Crippen LogP contribution in [-0.2, 0) is 11.2 Å². The van der Waals surface area contributed by atoms with Crippen molar-refractivity contribution in [1.82, 2.24) is 15.1 Å². The molecule has 1 N–H and O–H groups in total. The van der Waals surface area contributed by atoms with Crippen LogP contribution in [0.1, 0.15) is 25.8 Å². The van der Waals surface area contributed by atoms with Gasteiger partial charge in [-0.05, 0) is 37.5 Å². The van der Waals surface area contributed by atoms with E-state index in [0.29, 0.717) is 0 Å². The Morgan fingerprint density at radius 1 is 1.17 bits per heavy atom. The number of guanidine groups is 1. The molecule has 0 saturated carbocycles. The lowest BCUT2D eigenvalue weighted by atomic mass is 10.1. The molecule has 5 nitrogen and oxygen atoms in total. The van der Waals surface area contributed by atoms with Gasteiger partial charge in [0.2, 0.25) is 5.91 Å². The van der Waals surface area contributed by atoms with E-state index in [0.717, 1.165) is 63.1 Å². The molecule has 132 valence electrons. The van der Waals surface area contributed by atoms with E-state index in [1.807, 2.05) is 17.0 Å². The third kappa shape index (κ3) is 5.71. The number of halogens is 1. The van der Waals surface area contributed by atoms with Crippen molar-refractivity contribution in [1.29, 1.82) is 0 Å². The lowest BCUT2D eigenvalue weighted by Gasteiger charge is -2.36. The lowest BCUT2D eigenvalue weighted by molar-refractivity contribution is -0.130. The SMILES string of the molecule is CCNC(=NCCCc1ccc(Cl)cc1)N1CCN(C(C)=O)CC1. The molecule has 0 aromatic heterocycles. The van der Waals surface area contributed by atoms with Crippen molar-refractivity contribution >= 4 is 23.5 Å². The van der Waals surface area contributed by atoms with Crippen molar-refractivity contribution in [3.8, 4) is 0 Å². The molecule has 1 aromatic rings. The zero-order chi connectivity index (χ0) is 17.4. The fourth-order valence-electron chi connectivity index (χ4n) is 2.78. The number of hydrogen-bond donors (Lipinski definition) is 1. The van der Waals surface area contributed by atoms with Crippen LogP contribution in [0.4, 0.5) is 0 Å². The maximum atomic E-state index is 11.4.